The molecule has 0 amide bonds. The van der Waals surface area contributed by atoms with Crippen molar-refractivity contribution in [1.29, 1.82) is 0 Å². The molecule has 0 aromatic heterocycles. The molecule has 0 unspecified atom stereocenters. The van der Waals surface area contributed by atoms with Crippen molar-refractivity contribution in [3.8, 4) is 11.5 Å². The molecule has 2 N–H and O–H groups in total. The SMILES string of the molecule is Cc1ccc(C)c(NS(=O)(=O)c2cc3c(c(C(=O)O)c2)OCCO3)c1. The second kappa shape index (κ2) is 6.29. The first-order valence-electron chi connectivity index (χ1n) is 7.55. The molecule has 0 saturated carbocycles. The molecule has 132 valence electrons. The van der Waals surface area contributed by atoms with E-state index in [4.69, 9.17) is 9.47 Å². The van der Waals surface area contributed by atoms with Crippen LogP contribution in [0.4, 0.5) is 5.69 Å². The van der Waals surface area contributed by atoms with Gasteiger partial charge in [0, 0.05) is 6.07 Å². The lowest BCUT2D eigenvalue weighted by molar-refractivity contribution is 0.0685. The molecule has 25 heavy (non-hydrogen) atoms. The number of carboxylic acids is 1. The largest absolute Gasteiger partial charge is 0.486 e. The summed E-state index contributed by atoms with van der Waals surface area (Å²) in [5.41, 5.74) is 1.84. The molecule has 0 aliphatic carbocycles. The van der Waals surface area contributed by atoms with E-state index in [9.17, 15) is 18.3 Å². The first kappa shape index (κ1) is 17.1. The lowest BCUT2D eigenvalue weighted by Gasteiger charge is -2.21. The Morgan fingerprint density at radius 1 is 1.12 bits per heavy atom. The van der Waals surface area contributed by atoms with Crippen LogP contribution in [0.15, 0.2) is 35.2 Å². The maximum Gasteiger partial charge on any atom is 0.339 e. The van der Waals surface area contributed by atoms with E-state index in [-0.39, 0.29) is 35.2 Å². The van der Waals surface area contributed by atoms with Gasteiger partial charge in [-0.25, -0.2) is 13.2 Å². The third-order valence-electron chi connectivity index (χ3n) is 3.79. The van der Waals surface area contributed by atoms with Crippen LogP contribution in [0.5, 0.6) is 11.5 Å². The van der Waals surface area contributed by atoms with Crippen LogP contribution in [0.1, 0.15) is 21.5 Å². The fraction of sp³-hybridized carbons (Fsp3) is 0.235. The van der Waals surface area contributed by atoms with Gasteiger partial charge in [0.1, 0.15) is 18.8 Å². The summed E-state index contributed by atoms with van der Waals surface area (Å²) >= 11 is 0. The van der Waals surface area contributed by atoms with Crippen molar-refractivity contribution in [2.75, 3.05) is 17.9 Å². The van der Waals surface area contributed by atoms with E-state index in [0.717, 1.165) is 17.2 Å². The first-order chi connectivity index (χ1) is 11.8. The van der Waals surface area contributed by atoms with E-state index in [1.165, 1.54) is 6.07 Å². The molecule has 0 fully saturated rings. The van der Waals surface area contributed by atoms with Gasteiger partial charge >= 0.3 is 5.97 Å². The smallest absolute Gasteiger partial charge is 0.339 e. The number of aryl methyl sites for hydroxylation is 2. The fourth-order valence-electron chi connectivity index (χ4n) is 2.49. The van der Waals surface area contributed by atoms with Crippen LogP contribution in [0.3, 0.4) is 0 Å². The average Bonchev–Trinajstić information content (AvgIpc) is 2.56. The van der Waals surface area contributed by atoms with Gasteiger partial charge in [0.05, 0.1) is 10.6 Å². The zero-order valence-electron chi connectivity index (χ0n) is 13.7. The highest BCUT2D eigenvalue weighted by Crippen LogP contribution is 2.37. The molecule has 1 aliphatic rings. The Bertz CT molecular complexity index is 952. The summed E-state index contributed by atoms with van der Waals surface area (Å²) in [5, 5.41) is 9.35. The van der Waals surface area contributed by atoms with Crippen molar-refractivity contribution in [3.05, 3.63) is 47.0 Å². The lowest BCUT2D eigenvalue weighted by atomic mass is 10.1. The van der Waals surface area contributed by atoms with Crippen molar-refractivity contribution in [3.63, 3.8) is 0 Å². The molecule has 0 saturated heterocycles. The van der Waals surface area contributed by atoms with Gasteiger partial charge < -0.3 is 14.6 Å². The molecule has 2 aromatic rings. The van der Waals surface area contributed by atoms with Gasteiger partial charge in [-0.3, -0.25) is 4.72 Å². The highest BCUT2D eigenvalue weighted by atomic mass is 32.2. The molecule has 0 atom stereocenters. The summed E-state index contributed by atoms with van der Waals surface area (Å²) in [6, 6.07) is 7.74. The number of benzene rings is 2. The molecule has 0 bridgehead atoms. The van der Waals surface area contributed by atoms with Crippen molar-refractivity contribution in [1.82, 2.24) is 0 Å². The van der Waals surface area contributed by atoms with Crippen LogP contribution in [0.25, 0.3) is 0 Å². The van der Waals surface area contributed by atoms with E-state index in [1.807, 2.05) is 13.0 Å². The predicted octanol–water partition coefficient (Wildman–Crippen LogP) is 2.57. The Morgan fingerprint density at radius 2 is 1.84 bits per heavy atom. The quantitative estimate of drug-likeness (QED) is 0.866. The maximum absolute atomic E-state index is 12.7. The third-order valence-corrected chi connectivity index (χ3v) is 5.14. The summed E-state index contributed by atoms with van der Waals surface area (Å²) in [5.74, 6) is -1.14. The van der Waals surface area contributed by atoms with Crippen LogP contribution in [-0.2, 0) is 10.0 Å². The summed E-state index contributed by atoms with van der Waals surface area (Å²) < 4.78 is 38.6. The molecule has 1 heterocycles. The first-order valence-corrected chi connectivity index (χ1v) is 9.03. The van der Waals surface area contributed by atoms with Crippen LogP contribution in [0.2, 0.25) is 0 Å². The van der Waals surface area contributed by atoms with Crippen molar-refractivity contribution in [2.45, 2.75) is 18.7 Å². The number of nitrogens with one attached hydrogen (secondary N) is 1. The van der Waals surface area contributed by atoms with Gasteiger partial charge in [0.2, 0.25) is 0 Å². The van der Waals surface area contributed by atoms with Crippen molar-refractivity contribution < 1.29 is 27.8 Å². The number of fused-ring (bicyclic) bond motifs is 1. The molecule has 0 spiro atoms. The number of carboxylic acid groups (broad SMARTS) is 1. The van der Waals surface area contributed by atoms with Crippen LogP contribution >= 0.6 is 0 Å². The number of hydrogen-bond donors (Lipinski definition) is 2. The lowest BCUT2D eigenvalue weighted by Crippen LogP contribution is -2.20. The monoisotopic (exact) mass is 363 g/mol. The normalized spacial score (nSPS) is 13.4. The summed E-state index contributed by atoms with van der Waals surface area (Å²) in [6.45, 7) is 4.06. The fourth-order valence-corrected chi connectivity index (χ4v) is 3.65. The Labute approximate surface area is 145 Å². The van der Waals surface area contributed by atoms with Gasteiger partial charge in [0.25, 0.3) is 10.0 Å². The van der Waals surface area contributed by atoms with E-state index in [0.29, 0.717) is 5.69 Å². The number of anilines is 1. The highest BCUT2D eigenvalue weighted by Gasteiger charge is 2.26. The average molecular weight is 363 g/mol. The van der Waals surface area contributed by atoms with Crippen LogP contribution < -0.4 is 14.2 Å². The Hall–Kier alpha value is -2.74. The minimum Gasteiger partial charge on any atom is -0.486 e. The van der Waals surface area contributed by atoms with E-state index >= 15 is 0 Å². The summed E-state index contributed by atoms with van der Waals surface area (Å²) in [6.07, 6.45) is 0. The molecule has 3 rings (SSSR count). The molecular weight excluding hydrogens is 346 g/mol. The maximum atomic E-state index is 12.7. The van der Waals surface area contributed by atoms with Crippen LogP contribution in [-0.4, -0.2) is 32.7 Å². The number of aromatic carboxylic acids is 1. The van der Waals surface area contributed by atoms with Gasteiger partial charge in [-0.05, 0) is 37.1 Å². The Morgan fingerprint density at radius 3 is 2.56 bits per heavy atom. The Balaban J connectivity index is 2.07. The van der Waals surface area contributed by atoms with Gasteiger partial charge in [-0.2, -0.15) is 0 Å². The topological polar surface area (TPSA) is 102 Å². The predicted molar refractivity (Wildman–Crippen MR) is 91.1 cm³/mol. The van der Waals surface area contributed by atoms with Gasteiger partial charge in [-0.1, -0.05) is 12.1 Å². The number of hydrogen-bond acceptors (Lipinski definition) is 5. The molecule has 0 radical (unpaired) electrons. The minimum absolute atomic E-state index is 0.0458. The molecule has 2 aromatic carbocycles. The Kier molecular flexibility index (Phi) is 4.30. The standard InChI is InChI=1S/C17H17NO6S/c1-10-3-4-11(2)14(7-10)18-25(21,22)12-8-13(17(19)20)16-15(9-12)23-5-6-24-16/h3-4,7-9,18H,5-6H2,1-2H3,(H,19,20). The minimum atomic E-state index is -3.99. The molecule has 1 aliphatic heterocycles. The number of sulfonamides is 1. The molecular formula is C17H17NO6S. The third kappa shape index (κ3) is 3.39. The van der Waals surface area contributed by atoms with Crippen LogP contribution in [0, 0.1) is 13.8 Å². The van der Waals surface area contributed by atoms with E-state index in [1.54, 1.807) is 19.1 Å². The molecule has 7 nitrogen and oxygen atoms in total. The molecule has 8 heteroatoms. The van der Waals surface area contributed by atoms with Gasteiger partial charge in [-0.15, -0.1) is 0 Å². The van der Waals surface area contributed by atoms with Crippen molar-refractivity contribution in [2.24, 2.45) is 0 Å². The number of carbonyl (C=O) groups is 1. The zero-order chi connectivity index (χ0) is 18.2. The summed E-state index contributed by atoms with van der Waals surface area (Å²) in [4.78, 5) is 11.3. The van der Waals surface area contributed by atoms with Gasteiger partial charge in [0.15, 0.2) is 11.5 Å². The highest BCUT2D eigenvalue weighted by molar-refractivity contribution is 7.92. The number of rotatable bonds is 4. The number of ether oxygens (including phenoxy) is 2. The summed E-state index contributed by atoms with van der Waals surface area (Å²) in [7, 11) is -3.99. The zero-order valence-corrected chi connectivity index (χ0v) is 14.5. The van der Waals surface area contributed by atoms with E-state index < -0.39 is 16.0 Å². The van der Waals surface area contributed by atoms with Crippen molar-refractivity contribution >= 4 is 21.7 Å². The second-order valence-corrected chi connectivity index (χ2v) is 7.41. The second-order valence-electron chi connectivity index (χ2n) is 5.72. The van der Waals surface area contributed by atoms with E-state index in [2.05, 4.69) is 4.72 Å².